The lowest BCUT2D eigenvalue weighted by Crippen LogP contribution is -2.35. The monoisotopic (exact) mass is 397 g/mol. The predicted octanol–water partition coefficient (Wildman–Crippen LogP) is 4.86. The number of amidine groups is 1. The number of hydrogen-bond donors (Lipinski definition) is 0. The molecule has 2 aromatic rings. The van der Waals surface area contributed by atoms with Crippen LogP contribution in [0.4, 0.5) is 0 Å². The number of aromatic nitrogens is 1. The molecule has 2 aliphatic rings. The van der Waals surface area contributed by atoms with Crippen LogP contribution in [0.15, 0.2) is 47.6 Å². The summed E-state index contributed by atoms with van der Waals surface area (Å²) in [6.07, 6.45) is 3.05. The number of aliphatic imine (C=N–C) groups is 1. The van der Waals surface area contributed by atoms with Crippen LogP contribution in [0.2, 0.25) is 0 Å². The van der Waals surface area contributed by atoms with Crippen LogP contribution in [0.1, 0.15) is 50.5 Å². The van der Waals surface area contributed by atoms with Gasteiger partial charge in [0.1, 0.15) is 6.04 Å². The molecule has 3 heterocycles. The number of rotatable bonds is 6. The van der Waals surface area contributed by atoms with Crippen LogP contribution < -0.4 is 9.47 Å². The molecule has 148 valence electrons. The van der Waals surface area contributed by atoms with Gasteiger partial charge in [-0.1, -0.05) is 30.8 Å². The van der Waals surface area contributed by atoms with Crippen LogP contribution in [0, 0.1) is 0 Å². The molecule has 2 aliphatic heterocycles. The summed E-state index contributed by atoms with van der Waals surface area (Å²) in [6.45, 7) is 6.29. The Hall–Kier alpha value is -2.21. The van der Waals surface area contributed by atoms with Crippen LogP contribution in [0.25, 0.3) is 0 Å². The predicted molar refractivity (Wildman–Crippen MR) is 114 cm³/mol. The zero-order valence-electron chi connectivity index (χ0n) is 16.8. The van der Waals surface area contributed by atoms with Gasteiger partial charge in [-0.15, -0.1) is 0 Å². The first kappa shape index (κ1) is 19.1. The lowest BCUT2D eigenvalue weighted by molar-refractivity contribution is 0.228. The number of pyridine rings is 1. The van der Waals surface area contributed by atoms with Crippen molar-refractivity contribution in [2.45, 2.75) is 51.4 Å². The summed E-state index contributed by atoms with van der Waals surface area (Å²) in [7, 11) is 1.69. The van der Waals surface area contributed by atoms with Crippen molar-refractivity contribution < 1.29 is 9.47 Å². The van der Waals surface area contributed by atoms with E-state index in [4.69, 9.17) is 14.5 Å². The third-order valence-corrected chi connectivity index (χ3v) is 6.35. The lowest BCUT2D eigenvalue weighted by atomic mass is 9.95. The second-order valence-corrected chi connectivity index (χ2v) is 8.40. The van der Waals surface area contributed by atoms with E-state index in [1.54, 1.807) is 7.11 Å². The van der Waals surface area contributed by atoms with E-state index >= 15 is 0 Å². The second-order valence-electron chi connectivity index (χ2n) is 7.41. The Bertz CT molecular complexity index is 856. The minimum atomic E-state index is -0.0142. The highest BCUT2D eigenvalue weighted by molar-refractivity contribution is 8.14. The summed E-state index contributed by atoms with van der Waals surface area (Å²) >= 11 is 1.86. The van der Waals surface area contributed by atoms with E-state index in [9.17, 15) is 0 Å². The fourth-order valence-electron chi connectivity index (χ4n) is 3.93. The Morgan fingerprint density at radius 2 is 2.07 bits per heavy atom. The third kappa shape index (κ3) is 3.46. The average Bonchev–Trinajstić information content (AvgIpc) is 3.27. The fraction of sp³-hybridized carbons (Fsp3) is 0.455. The summed E-state index contributed by atoms with van der Waals surface area (Å²) in [4.78, 5) is 12.2. The molecule has 4 rings (SSSR count). The summed E-state index contributed by atoms with van der Waals surface area (Å²) in [6, 6.07) is 12.9. The highest BCUT2D eigenvalue weighted by Crippen LogP contribution is 2.49. The van der Waals surface area contributed by atoms with E-state index in [0.29, 0.717) is 6.04 Å². The summed E-state index contributed by atoms with van der Waals surface area (Å²) < 4.78 is 11.6. The van der Waals surface area contributed by atoms with Crippen molar-refractivity contribution in [3.8, 4) is 11.5 Å². The zero-order chi connectivity index (χ0) is 19.7. The molecule has 0 amide bonds. The fourth-order valence-corrected chi connectivity index (χ4v) is 5.27. The second kappa shape index (κ2) is 8.03. The van der Waals surface area contributed by atoms with E-state index in [-0.39, 0.29) is 18.2 Å². The number of methoxy groups -OCH3 is 1. The molecule has 28 heavy (non-hydrogen) atoms. The van der Waals surface area contributed by atoms with Crippen molar-refractivity contribution in [3.05, 3.63) is 53.9 Å². The average molecular weight is 398 g/mol. The molecule has 0 N–H and O–H groups in total. The topological polar surface area (TPSA) is 47.0 Å². The molecule has 1 aromatic heterocycles. The molecule has 1 saturated heterocycles. The Balaban J connectivity index is 1.76. The molecule has 0 bridgehead atoms. The third-order valence-electron chi connectivity index (χ3n) is 5.22. The molecule has 1 fully saturated rings. The first-order valence-electron chi connectivity index (χ1n) is 9.86. The molecular weight excluding hydrogens is 370 g/mol. The van der Waals surface area contributed by atoms with Gasteiger partial charge in [0.2, 0.25) is 0 Å². The maximum Gasteiger partial charge on any atom is 0.161 e. The lowest BCUT2D eigenvalue weighted by Gasteiger charge is -2.32. The Kier molecular flexibility index (Phi) is 5.49. The standard InChI is InChI=1S/C22H27N3O2S/c1-5-16-13-28-22-24-20(17-8-6-7-11-23-17)21(25(16)22)15-9-10-18(27-14(2)3)19(12-15)26-4/h6-12,14,16,20-21H,5,13H2,1-4H3/t16-,20+,21+/m1/s1. The molecule has 3 atom stereocenters. The Labute approximate surface area is 171 Å². The van der Waals surface area contributed by atoms with Crippen molar-refractivity contribution in [2.75, 3.05) is 12.9 Å². The van der Waals surface area contributed by atoms with Gasteiger partial charge < -0.3 is 14.4 Å². The van der Waals surface area contributed by atoms with E-state index in [1.807, 2.05) is 50.0 Å². The SMILES string of the molecule is CC[C@@H]1CSC2=N[C@@H](c3ccccn3)[C@H](c3ccc(OC(C)C)c(OC)c3)N21. The number of nitrogens with zero attached hydrogens (tertiary/aromatic N) is 3. The quantitative estimate of drug-likeness (QED) is 0.697. The highest BCUT2D eigenvalue weighted by Gasteiger charge is 2.45. The van der Waals surface area contributed by atoms with Crippen molar-refractivity contribution in [1.29, 1.82) is 0 Å². The van der Waals surface area contributed by atoms with Crippen molar-refractivity contribution in [1.82, 2.24) is 9.88 Å². The Morgan fingerprint density at radius 3 is 2.75 bits per heavy atom. The summed E-state index contributed by atoms with van der Waals surface area (Å²) in [5.41, 5.74) is 2.19. The molecule has 0 aliphatic carbocycles. The maximum absolute atomic E-state index is 5.91. The highest BCUT2D eigenvalue weighted by atomic mass is 32.2. The van der Waals surface area contributed by atoms with E-state index < -0.39 is 0 Å². The van der Waals surface area contributed by atoms with Gasteiger partial charge in [0, 0.05) is 18.0 Å². The van der Waals surface area contributed by atoms with Crippen LogP contribution >= 0.6 is 11.8 Å². The number of hydrogen-bond acceptors (Lipinski definition) is 6. The molecule has 0 unspecified atom stereocenters. The minimum absolute atomic E-state index is 0.0142. The van der Waals surface area contributed by atoms with E-state index in [0.717, 1.165) is 34.5 Å². The van der Waals surface area contributed by atoms with Crippen molar-refractivity contribution >= 4 is 16.9 Å². The smallest absolute Gasteiger partial charge is 0.161 e. The van der Waals surface area contributed by atoms with Gasteiger partial charge in [-0.25, -0.2) is 0 Å². The van der Waals surface area contributed by atoms with Gasteiger partial charge >= 0.3 is 0 Å². The summed E-state index contributed by atoms with van der Waals surface area (Å²) in [5, 5.41) is 1.13. The van der Waals surface area contributed by atoms with Crippen molar-refractivity contribution in [2.24, 2.45) is 4.99 Å². The molecule has 1 aromatic carbocycles. The number of ether oxygens (including phenoxy) is 2. The maximum atomic E-state index is 5.91. The van der Waals surface area contributed by atoms with Gasteiger partial charge in [-0.3, -0.25) is 9.98 Å². The van der Waals surface area contributed by atoms with Gasteiger partial charge in [0.15, 0.2) is 16.7 Å². The number of benzene rings is 1. The van der Waals surface area contributed by atoms with Gasteiger partial charge in [-0.05, 0) is 50.1 Å². The number of thioether (sulfide) groups is 1. The number of fused-ring (bicyclic) bond motifs is 1. The molecule has 0 radical (unpaired) electrons. The van der Waals surface area contributed by atoms with Crippen LogP contribution in [0.5, 0.6) is 11.5 Å². The van der Waals surface area contributed by atoms with Crippen LogP contribution in [-0.2, 0) is 0 Å². The molecule has 6 heteroatoms. The van der Waals surface area contributed by atoms with E-state index in [1.165, 1.54) is 5.56 Å². The van der Waals surface area contributed by atoms with Gasteiger partial charge in [0.05, 0.1) is 24.9 Å². The Morgan fingerprint density at radius 1 is 1.21 bits per heavy atom. The van der Waals surface area contributed by atoms with Crippen LogP contribution in [0.3, 0.4) is 0 Å². The normalized spacial score (nSPS) is 23.7. The molecular formula is C22H27N3O2S. The molecule has 5 nitrogen and oxygen atoms in total. The first-order valence-corrected chi connectivity index (χ1v) is 10.8. The summed E-state index contributed by atoms with van der Waals surface area (Å²) in [5.74, 6) is 2.63. The van der Waals surface area contributed by atoms with Crippen LogP contribution in [-0.4, -0.2) is 40.1 Å². The first-order chi connectivity index (χ1) is 13.6. The van der Waals surface area contributed by atoms with Gasteiger partial charge in [0.25, 0.3) is 0 Å². The van der Waals surface area contributed by atoms with Gasteiger partial charge in [-0.2, -0.15) is 0 Å². The molecule has 0 spiro atoms. The van der Waals surface area contributed by atoms with Crippen molar-refractivity contribution in [3.63, 3.8) is 0 Å². The molecule has 0 saturated carbocycles. The van der Waals surface area contributed by atoms with E-state index in [2.05, 4.69) is 35.0 Å². The largest absolute Gasteiger partial charge is 0.493 e. The minimum Gasteiger partial charge on any atom is -0.493 e. The zero-order valence-corrected chi connectivity index (χ0v) is 17.6.